The van der Waals surface area contributed by atoms with Crippen LogP contribution in [-0.2, 0) is 0 Å². The zero-order valence-corrected chi connectivity index (χ0v) is 21.2. The Hall–Kier alpha value is -4.59. The molecule has 0 saturated carbocycles. The van der Waals surface area contributed by atoms with Crippen molar-refractivity contribution < 1.29 is 4.42 Å². The molecule has 178 valence electrons. The maximum atomic E-state index is 6.64. The van der Waals surface area contributed by atoms with Gasteiger partial charge in [-0.15, -0.1) is 0 Å². The SMILES string of the molecule is Clc1cccc2oc3ccc(-c4c5ccccc5c(-c5cccc6ccccc56)c5ccccc45)cc3c12. The van der Waals surface area contributed by atoms with Crippen molar-refractivity contribution in [2.24, 2.45) is 0 Å². The lowest BCUT2D eigenvalue weighted by Gasteiger charge is -2.18. The van der Waals surface area contributed by atoms with Gasteiger partial charge in [-0.2, -0.15) is 0 Å². The Morgan fingerprint density at radius 2 is 1.05 bits per heavy atom. The highest BCUT2D eigenvalue weighted by Crippen LogP contribution is 2.46. The first-order chi connectivity index (χ1) is 18.8. The lowest BCUT2D eigenvalue weighted by molar-refractivity contribution is 0.669. The summed E-state index contributed by atoms with van der Waals surface area (Å²) in [5, 5.41) is 10.2. The summed E-state index contributed by atoms with van der Waals surface area (Å²) in [6, 6.07) is 45.1. The lowest BCUT2D eigenvalue weighted by Crippen LogP contribution is -1.91. The minimum Gasteiger partial charge on any atom is -0.456 e. The molecule has 0 bridgehead atoms. The first kappa shape index (κ1) is 21.5. The highest BCUT2D eigenvalue weighted by molar-refractivity contribution is 6.37. The van der Waals surface area contributed by atoms with E-state index in [1.165, 1.54) is 49.0 Å². The summed E-state index contributed by atoms with van der Waals surface area (Å²) in [5.74, 6) is 0. The zero-order valence-electron chi connectivity index (χ0n) is 20.4. The van der Waals surface area contributed by atoms with Gasteiger partial charge in [-0.05, 0) is 78.8 Å². The third-order valence-electron chi connectivity index (χ3n) is 7.72. The summed E-state index contributed by atoms with van der Waals surface area (Å²) in [6.07, 6.45) is 0. The molecule has 0 radical (unpaired) electrons. The Morgan fingerprint density at radius 3 is 1.79 bits per heavy atom. The van der Waals surface area contributed by atoms with E-state index in [0.29, 0.717) is 5.02 Å². The highest BCUT2D eigenvalue weighted by Gasteiger charge is 2.19. The Labute approximate surface area is 224 Å². The van der Waals surface area contributed by atoms with E-state index in [1.807, 2.05) is 18.2 Å². The van der Waals surface area contributed by atoms with Crippen molar-refractivity contribution >= 4 is 65.9 Å². The van der Waals surface area contributed by atoms with Crippen LogP contribution in [0.15, 0.2) is 132 Å². The van der Waals surface area contributed by atoms with E-state index in [4.69, 9.17) is 16.0 Å². The van der Waals surface area contributed by atoms with Gasteiger partial charge in [0.15, 0.2) is 0 Å². The predicted octanol–water partition coefficient (Wildman–Crippen LogP) is 11.0. The Balaban J connectivity index is 1.52. The molecule has 0 atom stereocenters. The van der Waals surface area contributed by atoms with Crippen molar-refractivity contribution in [2.45, 2.75) is 0 Å². The molecule has 0 spiro atoms. The van der Waals surface area contributed by atoms with Crippen molar-refractivity contribution in [2.75, 3.05) is 0 Å². The number of halogens is 1. The summed E-state index contributed by atoms with van der Waals surface area (Å²) in [6.45, 7) is 0. The predicted molar refractivity (Wildman–Crippen MR) is 162 cm³/mol. The monoisotopic (exact) mass is 504 g/mol. The number of hydrogen-bond acceptors (Lipinski definition) is 1. The van der Waals surface area contributed by atoms with Gasteiger partial charge < -0.3 is 4.42 Å². The van der Waals surface area contributed by atoms with Gasteiger partial charge in [0, 0.05) is 10.8 Å². The second-order valence-corrected chi connectivity index (χ2v) is 10.2. The third-order valence-corrected chi connectivity index (χ3v) is 8.04. The molecule has 38 heavy (non-hydrogen) atoms. The van der Waals surface area contributed by atoms with Gasteiger partial charge in [0.05, 0.1) is 5.02 Å². The van der Waals surface area contributed by atoms with Crippen LogP contribution < -0.4 is 0 Å². The molecule has 0 N–H and O–H groups in total. The largest absolute Gasteiger partial charge is 0.456 e. The average molecular weight is 505 g/mol. The summed E-state index contributed by atoms with van der Waals surface area (Å²) in [4.78, 5) is 0. The van der Waals surface area contributed by atoms with E-state index in [1.54, 1.807) is 0 Å². The molecular formula is C36H21ClO. The molecule has 1 nitrogen and oxygen atoms in total. The van der Waals surface area contributed by atoms with Crippen LogP contribution >= 0.6 is 11.6 Å². The molecule has 0 unspecified atom stereocenters. The summed E-state index contributed by atoms with van der Waals surface area (Å²) in [7, 11) is 0. The summed E-state index contributed by atoms with van der Waals surface area (Å²) in [5.41, 5.74) is 6.56. The van der Waals surface area contributed by atoms with Crippen LogP contribution in [0.5, 0.6) is 0 Å². The normalized spacial score (nSPS) is 11.8. The van der Waals surface area contributed by atoms with Crippen LogP contribution in [-0.4, -0.2) is 0 Å². The van der Waals surface area contributed by atoms with Crippen LogP contribution in [0, 0.1) is 0 Å². The summed E-state index contributed by atoms with van der Waals surface area (Å²) < 4.78 is 6.13. The van der Waals surface area contributed by atoms with Gasteiger partial charge in [0.1, 0.15) is 11.2 Å². The van der Waals surface area contributed by atoms with Crippen molar-refractivity contribution in [1.29, 1.82) is 0 Å². The van der Waals surface area contributed by atoms with E-state index < -0.39 is 0 Å². The van der Waals surface area contributed by atoms with E-state index in [2.05, 4.69) is 109 Å². The maximum Gasteiger partial charge on any atom is 0.136 e. The van der Waals surface area contributed by atoms with Crippen LogP contribution in [0.25, 0.3) is 76.5 Å². The Morgan fingerprint density at radius 1 is 0.447 bits per heavy atom. The molecule has 0 aliphatic rings. The highest BCUT2D eigenvalue weighted by atomic mass is 35.5. The molecule has 1 heterocycles. The second-order valence-electron chi connectivity index (χ2n) is 9.79. The van der Waals surface area contributed by atoms with Crippen LogP contribution in [0.3, 0.4) is 0 Å². The van der Waals surface area contributed by atoms with Crippen molar-refractivity contribution in [1.82, 2.24) is 0 Å². The van der Waals surface area contributed by atoms with Gasteiger partial charge in [0.2, 0.25) is 0 Å². The van der Waals surface area contributed by atoms with Gasteiger partial charge in [-0.1, -0.05) is 115 Å². The lowest BCUT2D eigenvalue weighted by atomic mass is 9.84. The van der Waals surface area contributed by atoms with Crippen molar-refractivity contribution in [3.8, 4) is 22.3 Å². The standard InChI is InChI=1S/C36H21ClO/c37-31-17-8-18-33-36(31)30-21-23(19-20-32(30)38-33)34-26-12-3-5-14-28(26)35(29-15-6-4-13-27(29)34)25-16-7-10-22-9-1-2-11-24(22)25/h1-21H. The zero-order chi connectivity index (χ0) is 25.2. The molecule has 0 aliphatic heterocycles. The third kappa shape index (κ3) is 3.06. The van der Waals surface area contributed by atoms with Gasteiger partial charge in [-0.25, -0.2) is 0 Å². The van der Waals surface area contributed by atoms with Gasteiger partial charge in [-0.3, -0.25) is 0 Å². The number of hydrogen-bond donors (Lipinski definition) is 0. The molecule has 0 amide bonds. The van der Waals surface area contributed by atoms with Gasteiger partial charge >= 0.3 is 0 Å². The summed E-state index contributed by atoms with van der Waals surface area (Å²) >= 11 is 6.64. The van der Waals surface area contributed by atoms with Crippen LogP contribution in [0.2, 0.25) is 5.02 Å². The fraction of sp³-hybridized carbons (Fsp3) is 0. The number of rotatable bonds is 2. The molecule has 2 heteroatoms. The van der Waals surface area contributed by atoms with Gasteiger partial charge in [0.25, 0.3) is 0 Å². The van der Waals surface area contributed by atoms with Crippen molar-refractivity contribution in [3.63, 3.8) is 0 Å². The Kier molecular flexibility index (Phi) is 4.64. The van der Waals surface area contributed by atoms with Crippen LogP contribution in [0.1, 0.15) is 0 Å². The topological polar surface area (TPSA) is 13.1 Å². The molecule has 0 aliphatic carbocycles. The number of fused-ring (bicyclic) bond motifs is 6. The molecule has 1 aromatic heterocycles. The molecule has 8 rings (SSSR count). The Bertz CT molecular complexity index is 2140. The van der Waals surface area contributed by atoms with Crippen molar-refractivity contribution in [3.05, 3.63) is 132 Å². The quantitative estimate of drug-likeness (QED) is 0.213. The maximum absolute atomic E-state index is 6.64. The molecule has 0 fully saturated rings. The first-order valence-electron chi connectivity index (χ1n) is 12.8. The fourth-order valence-electron chi connectivity index (χ4n) is 6.11. The first-order valence-corrected chi connectivity index (χ1v) is 13.2. The smallest absolute Gasteiger partial charge is 0.136 e. The minimum absolute atomic E-state index is 0.708. The molecule has 7 aromatic carbocycles. The molecule has 0 saturated heterocycles. The van der Waals surface area contributed by atoms with E-state index in [9.17, 15) is 0 Å². The van der Waals surface area contributed by atoms with Crippen LogP contribution in [0.4, 0.5) is 0 Å². The molecule has 8 aromatic rings. The fourth-order valence-corrected chi connectivity index (χ4v) is 6.38. The number of furan rings is 1. The van der Waals surface area contributed by atoms with E-state index >= 15 is 0 Å². The van der Waals surface area contributed by atoms with E-state index in [-0.39, 0.29) is 0 Å². The average Bonchev–Trinajstić information content (AvgIpc) is 3.35. The van der Waals surface area contributed by atoms with E-state index in [0.717, 1.165) is 27.5 Å². The number of benzene rings is 7. The molecular weight excluding hydrogens is 484 g/mol. The second kappa shape index (κ2) is 8.21. The minimum atomic E-state index is 0.708.